The number of hydrogen-bond donors (Lipinski definition) is 4. The molecule has 3 heterocycles. The van der Waals surface area contributed by atoms with E-state index in [9.17, 15) is 24.3 Å². The second-order valence-corrected chi connectivity index (χ2v) is 10.2. The number of aliphatic imine (C=N–C) groups is 2. The lowest BCUT2D eigenvalue weighted by molar-refractivity contribution is -0.142. The van der Waals surface area contributed by atoms with Gasteiger partial charge in [-0.3, -0.25) is 24.5 Å². The highest BCUT2D eigenvalue weighted by Gasteiger charge is 2.35. The van der Waals surface area contributed by atoms with Crippen molar-refractivity contribution in [2.24, 2.45) is 33.5 Å². The largest absolute Gasteiger partial charge is 0.481 e. The third kappa shape index (κ3) is 6.09. The first kappa shape index (κ1) is 27.0. The molecule has 0 spiro atoms. The van der Waals surface area contributed by atoms with Crippen LogP contribution in [0.1, 0.15) is 56.3 Å². The summed E-state index contributed by atoms with van der Waals surface area (Å²) in [4.78, 5) is 59.1. The molecule has 4 rings (SSSR count). The van der Waals surface area contributed by atoms with E-state index in [4.69, 9.17) is 5.73 Å². The number of nitrogens with zero attached hydrogens (tertiary/aromatic N) is 3. The Labute approximate surface area is 221 Å². The number of amidine groups is 1. The highest BCUT2D eigenvalue weighted by atomic mass is 16.4. The molecule has 2 amide bonds. The van der Waals surface area contributed by atoms with Crippen molar-refractivity contribution in [3.63, 3.8) is 0 Å². The maximum absolute atomic E-state index is 12.8. The van der Waals surface area contributed by atoms with Crippen molar-refractivity contribution >= 4 is 41.0 Å². The number of Topliss-reactive ketones (excluding diaryl/α,β-unsaturated/α-hetero) is 1. The smallest absolute Gasteiger partial charge is 0.306 e. The minimum Gasteiger partial charge on any atom is -0.481 e. The first-order chi connectivity index (χ1) is 18.1. The number of carbonyl (C=O) groups is 4. The third-order valence-corrected chi connectivity index (χ3v) is 7.36. The van der Waals surface area contributed by atoms with Crippen LogP contribution in [0.5, 0.6) is 0 Å². The second-order valence-electron chi connectivity index (χ2n) is 10.2. The number of likely N-dealkylation sites (tertiary alicyclic amines) is 1. The monoisotopic (exact) mass is 522 g/mol. The fraction of sp³-hybridized carbons (Fsp3) is 0.481. The van der Waals surface area contributed by atoms with Gasteiger partial charge in [-0.1, -0.05) is 13.3 Å². The van der Waals surface area contributed by atoms with Crippen LogP contribution in [0.25, 0.3) is 0 Å². The van der Waals surface area contributed by atoms with E-state index in [1.54, 1.807) is 30.5 Å². The SMILES string of the molecule is CC1CC(C)N(CCCC[C@H](CC(=O)c2ccc(NCC3=CN=C4N=C(N)NC(=O)C34)cc2)C(=O)O)C1=O. The molecule has 3 aliphatic heterocycles. The number of hydrogen-bond acceptors (Lipinski definition) is 8. The summed E-state index contributed by atoms with van der Waals surface area (Å²) in [6.07, 6.45) is 4.11. The molecule has 1 aromatic rings. The summed E-state index contributed by atoms with van der Waals surface area (Å²) in [5, 5.41) is 15.4. The van der Waals surface area contributed by atoms with Crippen LogP contribution in [0.15, 0.2) is 46.0 Å². The molecule has 1 saturated heterocycles. The van der Waals surface area contributed by atoms with Crippen LogP contribution in [0.4, 0.5) is 5.69 Å². The van der Waals surface area contributed by atoms with Crippen molar-refractivity contribution in [1.82, 2.24) is 10.2 Å². The second kappa shape index (κ2) is 11.6. The van der Waals surface area contributed by atoms with E-state index in [1.807, 2.05) is 18.7 Å². The van der Waals surface area contributed by atoms with Gasteiger partial charge in [-0.15, -0.1) is 0 Å². The molecule has 1 fully saturated rings. The minimum absolute atomic E-state index is 0.0286. The average molecular weight is 523 g/mol. The Morgan fingerprint density at radius 1 is 1.21 bits per heavy atom. The number of nitrogens with two attached hydrogens (primary N) is 1. The van der Waals surface area contributed by atoms with Crippen LogP contribution in [0.3, 0.4) is 0 Å². The molecule has 0 radical (unpaired) electrons. The first-order valence-electron chi connectivity index (χ1n) is 13.0. The van der Waals surface area contributed by atoms with Crippen LogP contribution in [-0.4, -0.2) is 64.5 Å². The number of carboxylic acids is 1. The maximum Gasteiger partial charge on any atom is 0.306 e. The Bertz CT molecular complexity index is 1200. The maximum atomic E-state index is 12.8. The van der Waals surface area contributed by atoms with Crippen LogP contribution in [0, 0.1) is 17.8 Å². The summed E-state index contributed by atoms with van der Waals surface area (Å²) in [6.45, 7) is 4.96. The zero-order valence-electron chi connectivity index (χ0n) is 21.6. The minimum atomic E-state index is -0.986. The van der Waals surface area contributed by atoms with Gasteiger partial charge in [0.05, 0.1) is 5.92 Å². The fourth-order valence-electron chi connectivity index (χ4n) is 5.22. The molecule has 5 N–H and O–H groups in total. The summed E-state index contributed by atoms with van der Waals surface area (Å²) >= 11 is 0. The van der Waals surface area contributed by atoms with Crippen LogP contribution in [-0.2, 0) is 14.4 Å². The summed E-state index contributed by atoms with van der Waals surface area (Å²) < 4.78 is 0. The number of unbranched alkanes of at least 4 members (excludes halogenated alkanes) is 1. The average Bonchev–Trinajstić information content (AvgIpc) is 3.39. The lowest BCUT2D eigenvalue weighted by Crippen LogP contribution is -2.47. The van der Waals surface area contributed by atoms with Gasteiger partial charge in [-0.25, -0.2) is 4.99 Å². The first-order valence-corrected chi connectivity index (χ1v) is 13.0. The van der Waals surface area contributed by atoms with Gasteiger partial charge in [-0.2, -0.15) is 4.99 Å². The van der Waals surface area contributed by atoms with Crippen molar-refractivity contribution in [2.75, 3.05) is 18.4 Å². The summed E-state index contributed by atoms with van der Waals surface area (Å²) in [5.41, 5.74) is 7.50. The van der Waals surface area contributed by atoms with Crippen molar-refractivity contribution in [2.45, 2.75) is 52.0 Å². The molecular weight excluding hydrogens is 488 g/mol. The summed E-state index contributed by atoms with van der Waals surface area (Å²) in [5.74, 6) is -2.23. The molecule has 3 aliphatic rings. The number of carboxylic acid groups (broad SMARTS) is 1. The molecule has 1 aromatic carbocycles. The number of ketones is 1. The quantitative estimate of drug-likeness (QED) is 0.241. The van der Waals surface area contributed by atoms with Gasteiger partial charge >= 0.3 is 5.97 Å². The Kier molecular flexibility index (Phi) is 8.23. The Morgan fingerprint density at radius 2 is 1.95 bits per heavy atom. The lowest BCUT2D eigenvalue weighted by atomic mass is 9.93. The molecule has 202 valence electrons. The van der Waals surface area contributed by atoms with Crippen LogP contribution < -0.4 is 16.4 Å². The molecular formula is C27H34N6O5. The van der Waals surface area contributed by atoms with E-state index >= 15 is 0 Å². The van der Waals surface area contributed by atoms with Gasteiger partial charge in [0.1, 0.15) is 11.8 Å². The number of anilines is 1. The van der Waals surface area contributed by atoms with Crippen molar-refractivity contribution in [1.29, 1.82) is 0 Å². The number of carbonyl (C=O) groups excluding carboxylic acids is 3. The lowest BCUT2D eigenvalue weighted by Gasteiger charge is -2.22. The van der Waals surface area contributed by atoms with Crippen molar-refractivity contribution in [3.05, 3.63) is 41.6 Å². The number of rotatable bonds is 12. The van der Waals surface area contributed by atoms with E-state index < -0.39 is 17.8 Å². The molecule has 38 heavy (non-hydrogen) atoms. The van der Waals surface area contributed by atoms with Gasteiger partial charge in [0, 0.05) is 48.9 Å². The highest BCUT2D eigenvalue weighted by molar-refractivity contribution is 6.19. The van der Waals surface area contributed by atoms with Crippen LogP contribution >= 0.6 is 0 Å². The Hall–Kier alpha value is -4.02. The molecule has 11 nitrogen and oxygen atoms in total. The molecule has 3 unspecified atom stereocenters. The molecule has 4 atom stereocenters. The Morgan fingerprint density at radius 3 is 2.61 bits per heavy atom. The summed E-state index contributed by atoms with van der Waals surface area (Å²) in [7, 11) is 0. The third-order valence-electron chi connectivity index (χ3n) is 7.36. The van der Waals surface area contributed by atoms with E-state index in [0.29, 0.717) is 43.8 Å². The van der Waals surface area contributed by atoms with E-state index in [0.717, 1.165) is 17.7 Å². The predicted molar refractivity (Wildman–Crippen MR) is 143 cm³/mol. The fourth-order valence-corrected chi connectivity index (χ4v) is 5.22. The number of guanidine groups is 1. The van der Waals surface area contributed by atoms with E-state index in [-0.39, 0.29) is 41.9 Å². The zero-order chi connectivity index (χ0) is 27.4. The molecule has 11 heteroatoms. The van der Waals surface area contributed by atoms with E-state index in [1.165, 1.54) is 0 Å². The number of aliphatic carboxylic acids is 1. The van der Waals surface area contributed by atoms with Gasteiger partial charge < -0.3 is 21.1 Å². The number of amides is 2. The molecule has 0 saturated carbocycles. The number of nitrogens with one attached hydrogen (secondary N) is 2. The Balaban J connectivity index is 1.24. The normalized spacial score (nSPS) is 23.3. The van der Waals surface area contributed by atoms with E-state index in [2.05, 4.69) is 20.6 Å². The summed E-state index contributed by atoms with van der Waals surface area (Å²) in [6, 6.07) is 7.02. The number of fused-ring (bicyclic) bond motifs is 1. The number of benzene rings is 1. The standard InChI is InChI=1S/C27H34N6O5/c1-15-11-16(2)33(25(15)36)10-4-3-5-18(26(37)38)12-21(34)17-6-8-20(9-7-17)29-13-19-14-30-23-22(19)24(35)32-27(28)31-23/h6-9,14-16,18,22,29H,3-5,10-13H2,1-2H3,(H,37,38)(H3,28,30,31,32,35)/t15?,16?,18-,22?/m1/s1. The molecule has 0 aliphatic carbocycles. The zero-order valence-corrected chi connectivity index (χ0v) is 21.6. The van der Waals surface area contributed by atoms with Gasteiger partial charge in [-0.05, 0) is 56.0 Å². The van der Waals surface area contributed by atoms with Crippen LogP contribution in [0.2, 0.25) is 0 Å². The van der Waals surface area contributed by atoms with Crippen molar-refractivity contribution < 1.29 is 24.3 Å². The van der Waals surface area contributed by atoms with Gasteiger partial charge in [0.25, 0.3) is 0 Å². The molecule has 0 aromatic heterocycles. The predicted octanol–water partition coefficient (Wildman–Crippen LogP) is 2.16. The highest BCUT2D eigenvalue weighted by Crippen LogP contribution is 2.26. The topological polar surface area (TPSA) is 167 Å². The van der Waals surface area contributed by atoms with Gasteiger partial charge in [0.15, 0.2) is 5.78 Å². The van der Waals surface area contributed by atoms with Crippen molar-refractivity contribution in [3.8, 4) is 0 Å². The van der Waals surface area contributed by atoms with Gasteiger partial charge in [0.2, 0.25) is 17.8 Å². The molecule has 0 bridgehead atoms.